The van der Waals surface area contributed by atoms with Crippen molar-refractivity contribution in [1.29, 1.82) is 0 Å². The van der Waals surface area contributed by atoms with Gasteiger partial charge in [-0.1, -0.05) is 97.2 Å². The molecule has 2 aliphatic rings. The van der Waals surface area contributed by atoms with Crippen molar-refractivity contribution in [1.82, 2.24) is 4.90 Å². The highest BCUT2D eigenvalue weighted by Gasteiger charge is 2.44. The smallest absolute Gasteiger partial charge is 0.0446 e. The van der Waals surface area contributed by atoms with Crippen molar-refractivity contribution in [2.24, 2.45) is 5.41 Å². The van der Waals surface area contributed by atoms with E-state index in [1.165, 1.54) is 33.7 Å². The third kappa shape index (κ3) is 3.89. The van der Waals surface area contributed by atoms with E-state index in [1.807, 2.05) is 12.2 Å². The summed E-state index contributed by atoms with van der Waals surface area (Å²) >= 11 is 0. The molecule has 0 saturated carbocycles. The molecule has 3 rings (SSSR count). The van der Waals surface area contributed by atoms with Gasteiger partial charge in [-0.2, -0.15) is 0 Å². The Balaban J connectivity index is 2.10. The zero-order valence-electron chi connectivity index (χ0n) is 17.4. The summed E-state index contributed by atoms with van der Waals surface area (Å²) in [6, 6.07) is 8.92. The Morgan fingerprint density at radius 2 is 1.86 bits per heavy atom. The van der Waals surface area contributed by atoms with Gasteiger partial charge in [0, 0.05) is 23.9 Å². The maximum Gasteiger partial charge on any atom is 0.0446 e. The second-order valence-corrected chi connectivity index (χ2v) is 7.82. The van der Waals surface area contributed by atoms with Crippen molar-refractivity contribution in [2.45, 2.75) is 33.1 Å². The number of aryl methyl sites for hydroxylation is 1. The maximum absolute atomic E-state index is 4.56. The molecule has 1 heterocycles. The SMILES string of the molecule is C=C/C=C\C1=C(C)N(C)C(=C)C1(CC1=CCC=CC=C1)Cc1ccc(C)cc1. The predicted octanol–water partition coefficient (Wildman–Crippen LogP) is 6.83. The third-order valence-corrected chi connectivity index (χ3v) is 5.97. The summed E-state index contributed by atoms with van der Waals surface area (Å²) < 4.78 is 0. The fraction of sp³-hybridized carbons (Fsp3) is 0.259. The minimum Gasteiger partial charge on any atom is -0.351 e. The first-order valence-corrected chi connectivity index (χ1v) is 9.99. The van der Waals surface area contributed by atoms with E-state index in [1.54, 1.807) is 0 Å². The summed E-state index contributed by atoms with van der Waals surface area (Å²) in [6.07, 6.45) is 20.0. The van der Waals surface area contributed by atoms with Gasteiger partial charge in [-0.05, 0) is 44.2 Å². The summed E-state index contributed by atoms with van der Waals surface area (Å²) in [4.78, 5) is 2.26. The Bertz CT molecular complexity index is 902. The number of rotatable bonds is 6. The normalized spacial score (nSPS) is 22.2. The fourth-order valence-electron chi connectivity index (χ4n) is 4.26. The van der Waals surface area contributed by atoms with Crippen LogP contribution in [0.4, 0.5) is 0 Å². The molecule has 1 heteroatoms. The minimum atomic E-state index is -0.159. The lowest BCUT2D eigenvalue weighted by Gasteiger charge is -2.35. The first-order chi connectivity index (χ1) is 13.5. The molecule has 1 aromatic carbocycles. The van der Waals surface area contributed by atoms with E-state index in [0.717, 1.165) is 19.3 Å². The van der Waals surface area contributed by atoms with Crippen LogP contribution in [0.2, 0.25) is 0 Å². The highest BCUT2D eigenvalue weighted by molar-refractivity contribution is 5.50. The predicted molar refractivity (Wildman–Crippen MR) is 122 cm³/mol. The summed E-state index contributed by atoms with van der Waals surface area (Å²) in [5.41, 5.74) is 7.62. The maximum atomic E-state index is 4.56. The quantitative estimate of drug-likeness (QED) is 0.497. The van der Waals surface area contributed by atoms with Gasteiger partial charge < -0.3 is 4.90 Å². The van der Waals surface area contributed by atoms with Gasteiger partial charge in [-0.15, -0.1) is 0 Å². The van der Waals surface area contributed by atoms with Crippen LogP contribution in [-0.2, 0) is 6.42 Å². The first kappa shape index (κ1) is 19.9. The van der Waals surface area contributed by atoms with Crippen molar-refractivity contribution in [3.8, 4) is 0 Å². The molecule has 144 valence electrons. The molecule has 1 unspecified atom stereocenters. The number of benzene rings is 1. The van der Waals surface area contributed by atoms with Gasteiger partial charge in [-0.3, -0.25) is 0 Å². The number of allylic oxidation sites excluding steroid dienone is 11. The molecule has 1 aromatic rings. The molecule has 1 aliphatic heterocycles. The summed E-state index contributed by atoms with van der Waals surface area (Å²) in [7, 11) is 2.13. The Hall–Kier alpha value is -2.80. The number of hydrogen-bond acceptors (Lipinski definition) is 1. The van der Waals surface area contributed by atoms with Crippen LogP contribution in [0.15, 0.2) is 109 Å². The third-order valence-electron chi connectivity index (χ3n) is 5.97. The Labute approximate surface area is 170 Å². The van der Waals surface area contributed by atoms with Crippen molar-refractivity contribution >= 4 is 0 Å². The van der Waals surface area contributed by atoms with Gasteiger partial charge in [0.15, 0.2) is 0 Å². The monoisotopic (exact) mass is 369 g/mol. The van der Waals surface area contributed by atoms with Crippen LogP contribution in [0.3, 0.4) is 0 Å². The summed E-state index contributed by atoms with van der Waals surface area (Å²) in [5.74, 6) is 0. The molecule has 0 radical (unpaired) electrons. The molecule has 0 bridgehead atoms. The molecular formula is C27H31N. The molecule has 28 heavy (non-hydrogen) atoms. The van der Waals surface area contributed by atoms with Gasteiger partial charge in [0.2, 0.25) is 0 Å². The van der Waals surface area contributed by atoms with Crippen molar-refractivity contribution in [3.63, 3.8) is 0 Å². The lowest BCUT2D eigenvalue weighted by Crippen LogP contribution is -2.29. The molecule has 1 atom stereocenters. The van der Waals surface area contributed by atoms with E-state index in [4.69, 9.17) is 0 Å². The zero-order valence-corrected chi connectivity index (χ0v) is 17.4. The van der Waals surface area contributed by atoms with E-state index in [-0.39, 0.29) is 5.41 Å². The minimum absolute atomic E-state index is 0.159. The Kier molecular flexibility index (Phi) is 6.04. The highest BCUT2D eigenvalue weighted by Crippen LogP contribution is 2.52. The number of nitrogens with zero attached hydrogens (tertiary/aromatic N) is 1. The van der Waals surface area contributed by atoms with Gasteiger partial charge in [0.05, 0.1) is 0 Å². The first-order valence-electron chi connectivity index (χ1n) is 9.99. The van der Waals surface area contributed by atoms with Crippen LogP contribution in [0, 0.1) is 12.3 Å². The van der Waals surface area contributed by atoms with Crippen LogP contribution in [-0.4, -0.2) is 11.9 Å². The molecule has 1 nitrogen and oxygen atoms in total. The van der Waals surface area contributed by atoms with Gasteiger partial charge in [0.25, 0.3) is 0 Å². The van der Waals surface area contributed by atoms with E-state index in [9.17, 15) is 0 Å². The average Bonchev–Trinajstić information content (AvgIpc) is 2.89. The second-order valence-electron chi connectivity index (χ2n) is 7.82. The van der Waals surface area contributed by atoms with Crippen LogP contribution >= 0.6 is 0 Å². The van der Waals surface area contributed by atoms with Crippen LogP contribution < -0.4 is 0 Å². The average molecular weight is 370 g/mol. The molecule has 0 N–H and O–H groups in total. The largest absolute Gasteiger partial charge is 0.351 e. The Morgan fingerprint density at radius 1 is 1.11 bits per heavy atom. The molecule has 1 aliphatic carbocycles. The highest BCUT2D eigenvalue weighted by atomic mass is 15.2. The summed E-state index contributed by atoms with van der Waals surface area (Å²) in [6.45, 7) is 12.8. The Morgan fingerprint density at radius 3 is 2.57 bits per heavy atom. The lowest BCUT2D eigenvalue weighted by atomic mass is 9.69. The molecule has 0 fully saturated rings. The second kappa shape index (κ2) is 8.48. The molecule has 0 amide bonds. The standard InChI is InChI=1S/C27H31N/c1-6-7-14-26-22(3)28(5)23(4)27(26,19-24-12-10-8-9-11-13-24)20-25-17-15-21(2)16-18-25/h6-10,12-18H,1,4,11,19-20H2,2-3,5H3/b14-7-. The number of hydrogen-bond donors (Lipinski definition) is 0. The molecule has 0 spiro atoms. The lowest BCUT2D eigenvalue weighted by molar-refractivity contribution is 0.380. The van der Waals surface area contributed by atoms with E-state index in [0.29, 0.717) is 0 Å². The van der Waals surface area contributed by atoms with Crippen molar-refractivity contribution in [3.05, 3.63) is 120 Å². The molecule has 0 aromatic heterocycles. The van der Waals surface area contributed by atoms with Gasteiger partial charge in [-0.25, -0.2) is 0 Å². The van der Waals surface area contributed by atoms with E-state index >= 15 is 0 Å². The summed E-state index contributed by atoms with van der Waals surface area (Å²) in [5, 5.41) is 0. The van der Waals surface area contributed by atoms with E-state index < -0.39 is 0 Å². The van der Waals surface area contributed by atoms with Crippen molar-refractivity contribution < 1.29 is 0 Å². The van der Waals surface area contributed by atoms with Crippen LogP contribution in [0.5, 0.6) is 0 Å². The fourth-order valence-corrected chi connectivity index (χ4v) is 4.26. The van der Waals surface area contributed by atoms with Crippen molar-refractivity contribution in [2.75, 3.05) is 7.05 Å². The van der Waals surface area contributed by atoms with Crippen LogP contribution in [0.1, 0.15) is 30.9 Å². The van der Waals surface area contributed by atoms with E-state index in [2.05, 4.69) is 99.7 Å². The topological polar surface area (TPSA) is 3.24 Å². The van der Waals surface area contributed by atoms with Gasteiger partial charge in [0.1, 0.15) is 0 Å². The zero-order chi connectivity index (χ0) is 20.1. The molecule has 0 saturated heterocycles. The van der Waals surface area contributed by atoms with Crippen LogP contribution in [0.25, 0.3) is 0 Å². The molecular weight excluding hydrogens is 338 g/mol. The van der Waals surface area contributed by atoms with Gasteiger partial charge >= 0.3 is 0 Å².